The van der Waals surface area contributed by atoms with E-state index >= 15 is 0 Å². The van der Waals surface area contributed by atoms with Gasteiger partial charge in [0.2, 0.25) is 0 Å². The van der Waals surface area contributed by atoms with Gasteiger partial charge in [0.05, 0.1) is 10.4 Å². The second-order valence-electron chi connectivity index (χ2n) is 9.15. The van der Waals surface area contributed by atoms with E-state index in [1.54, 1.807) is 0 Å². The van der Waals surface area contributed by atoms with Gasteiger partial charge >= 0.3 is 5.97 Å². The van der Waals surface area contributed by atoms with Gasteiger partial charge in [0.25, 0.3) is 10.0 Å². The highest BCUT2D eigenvalue weighted by Crippen LogP contribution is 2.33. The van der Waals surface area contributed by atoms with Crippen LogP contribution in [-0.2, 0) is 27.7 Å². The third-order valence-corrected chi connectivity index (χ3v) is 9.34. The lowest BCUT2D eigenvalue weighted by atomic mass is 9.95. The smallest absolute Gasteiger partial charge is 0.303 e. The van der Waals surface area contributed by atoms with E-state index in [4.69, 9.17) is 16.7 Å². The molecular formula is C24H35ClN2O5S2. The summed E-state index contributed by atoms with van der Waals surface area (Å²) in [6.07, 6.45) is 2.80. The lowest BCUT2D eigenvalue weighted by molar-refractivity contribution is -0.137. The van der Waals surface area contributed by atoms with Gasteiger partial charge in [-0.25, -0.2) is 8.42 Å². The first-order chi connectivity index (χ1) is 15.9. The summed E-state index contributed by atoms with van der Waals surface area (Å²) in [4.78, 5) is 10.7. The van der Waals surface area contributed by atoms with Gasteiger partial charge in [0, 0.05) is 32.1 Å². The zero-order chi connectivity index (χ0) is 25.4. The molecule has 2 aromatic rings. The van der Waals surface area contributed by atoms with Gasteiger partial charge < -0.3 is 15.5 Å². The maximum Gasteiger partial charge on any atom is 0.303 e. The van der Waals surface area contributed by atoms with Crippen LogP contribution in [0.1, 0.15) is 50.7 Å². The number of halogens is 1. The summed E-state index contributed by atoms with van der Waals surface area (Å²) in [6, 6.07) is 11.8. The van der Waals surface area contributed by atoms with Crippen molar-refractivity contribution in [2.75, 3.05) is 20.1 Å². The molecule has 0 unspecified atom stereocenters. The number of carboxylic acids is 1. The van der Waals surface area contributed by atoms with E-state index in [0.717, 1.165) is 34.9 Å². The second-order valence-corrected chi connectivity index (χ2v) is 13.1. The lowest BCUT2D eigenvalue weighted by Gasteiger charge is -2.29. The number of rotatable bonds is 15. The van der Waals surface area contributed by atoms with Crippen LogP contribution in [-0.4, -0.2) is 60.7 Å². The number of likely N-dealkylation sites (N-methyl/N-ethyl adjacent to an activating group) is 1. The van der Waals surface area contributed by atoms with Gasteiger partial charge in [-0.3, -0.25) is 4.79 Å². The number of aliphatic hydroxyl groups is 1. The zero-order valence-corrected chi connectivity index (χ0v) is 22.3. The standard InChI is InChI=1S/C24H35ClN2O5S2/c1-24(2,14-8-11-18-9-5-4-6-10-18)26-16-20(28)17-27(3)34(31,32)22-15-19(23(25)33-22)12-7-13-21(29)30/h4-6,9-10,15,20,26,28H,7-8,11-14,16-17H2,1-3H3,(H,29,30)/t20-/m1/s1. The second kappa shape index (κ2) is 13.0. The molecule has 2 rings (SSSR count). The maximum absolute atomic E-state index is 12.9. The Balaban J connectivity index is 1.84. The first kappa shape index (κ1) is 28.7. The van der Waals surface area contributed by atoms with Gasteiger partial charge in [0.1, 0.15) is 4.21 Å². The summed E-state index contributed by atoms with van der Waals surface area (Å²) < 4.78 is 27.5. The Labute approximate surface area is 211 Å². The van der Waals surface area contributed by atoms with E-state index in [2.05, 4.69) is 31.3 Å². The molecule has 7 nitrogen and oxygen atoms in total. The molecule has 10 heteroatoms. The molecule has 0 bridgehead atoms. The first-order valence-electron chi connectivity index (χ1n) is 11.3. The number of hydrogen-bond donors (Lipinski definition) is 3. The van der Waals surface area contributed by atoms with Crippen LogP contribution in [0.25, 0.3) is 0 Å². The Hall–Kier alpha value is -1.49. The van der Waals surface area contributed by atoms with Crippen LogP contribution < -0.4 is 5.32 Å². The molecule has 0 aliphatic rings. The average molecular weight is 531 g/mol. The van der Waals surface area contributed by atoms with Gasteiger partial charge in [-0.1, -0.05) is 41.9 Å². The fourth-order valence-corrected chi connectivity index (χ4v) is 6.81. The molecular weight excluding hydrogens is 496 g/mol. The fraction of sp³-hybridized carbons (Fsp3) is 0.542. The quantitative estimate of drug-likeness (QED) is 0.319. The van der Waals surface area contributed by atoms with Crippen molar-refractivity contribution in [2.24, 2.45) is 0 Å². The van der Waals surface area contributed by atoms with E-state index in [1.807, 2.05) is 18.2 Å². The van der Waals surface area contributed by atoms with Crippen molar-refractivity contribution in [3.63, 3.8) is 0 Å². The number of thiophene rings is 1. The van der Waals surface area contributed by atoms with Crippen LogP contribution in [0.3, 0.4) is 0 Å². The maximum atomic E-state index is 12.9. The molecule has 1 heterocycles. The van der Waals surface area contributed by atoms with Crippen molar-refractivity contribution in [1.82, 2.24) is 9.62 Å². The zero-order valence-electron chi connectivity index (χ0n) is 20.0. The SMILES string of the molecule is CN(C[C@H](O)CNC(C)(C)CCCc1ccccc1)S(=O)(=O)c1cc(CCCC(=O)O)c(Cl)s1. The number of aliphatic carboxylic acids is 1. The molecule has 1 aromatic carbocycles. The van der Waals surface area contributed by atoms with Crippen molar-refractivity contribution >= 4 is 38.9 Å². The highest BCUT2D eigenvalue weighted by molar-refractivity contribution is 7.91. The Morgan fingerprint density at radius 2 is 1.88 bits per heavy atom. The molecule has 0 spiro atoms. The number of sulfonamides is 1. The van der Waals surface area contributed by atoms with Crippen molar-refractivity contribution in [2.45, 2.75) is 68.2 Å². The number of nitrogens with zero attached hydrogens (tertiary/aromatic N) is 1. The van der Waals surface area contributed by atoms with Gasteiger partial charge in [0.15, 0.2) is 0 Å². The van der Waals surface area contributed by atoms with Crippen LogP contribution in [0.4, 0.5) is 0 Å². The van der Waals surface area contributed by atoms with Gasteiger partial charge in [-0.15, -0.1) is 11.3 Å². The summed E-state index contributed by atoms with van der Waals surface area (Å²) in [5, 5.41) is 22.6. The monoisotopic (exact) mass is 530 g/mol. The molecule has 0 radical (unpaired) electrons. The first-order valence-corrected chi connectivity index (χ1v) is 14.0. The van der Waals surface area contributed by atoms with Gasteiger partial charge in [-0.2, -0.15) is 4.31 Å². The van der Waals surface area contributed by atoms with Gasteiger partial charge in [-0.05, 0) is 63.1 Å². The predicted molar refractivity (Wildman–Crippen MR) is 137 cm³/mol. The van der Waals surface area contributed by atoms with E-state index in [9.17, 15) is 18.3 Å². The number of β-amino-alcohol motifs (C(OH)–C–C–N with tert-alkyl or cyclic N) is 1. The molecule has 0 amide bonds. The molecule has 3 N–H and O–H groups in total. The third kappa shape index (κ3) is 9.28. The highest BCUT2D eigenvalue weighted by atomic mass is 35.5. The summed E-state index contributed by atoms with van der Waals surface area (Å²) in [5.74, 6) is -0.902. The lowest BCUT2D eigenvalue weighted by Crippen LogP contribution is -2.46. The molecule has 0 aliphatic carbocycles. The van der Waals surface area contributed by atoms with Crippen molar-refractivity contribution in [1.29, 1.82) is 0 Å². The Bertz CT molecular complexity index is 1030. The van der Waals surface area contributed by atoms with E-state index in [-0.39, 0.29) is 29.3 Å². The summed E-state index contributed by atoms with van der Waals surface area (Å²) in [5.41, 5.74) is 1.72. The summed E-state index contributed by atoms with van der Waals surface area (Å²) >= 11 is 7.14. The molecule has 190 valence electrons. The molecule has 0 saturated carbocycles. The van der Waals surface area contributed by atoms with Crippen LogP contribution in [0, 0.1) is 0 Å². The van der Waals surface area contributed by atoms with Crippen LogP contribution in [0.15, 0.2) is 40.6 Å². The minimum Gasteiger partial charge on any atom is -0.481 e. The number of hydrogen-bond acceptors (Lipinski definition) is 6. The van der Waals surface area contributed by atoms with Crippen molar-refractivity contribution in [3.05, 3.63) is 51.9 Å². The number of benzene rings is 1. The average Bonchev–Trinajstić information content (AvgIpc) is 3.14. The number of aryl methyl sites for hydroxylation is 2. The minimum atomic E-state index is -3.81. The Kier molecular flexibility index (Phi) is 11.0. The topological polar surface area (TPSA) is 107 Å². The molecule has 0 aliphatic heterocycles. The molecule has 34 heavy (non-hydrogen) atoms. The largest absolute Gasteiger partial charge is 0.481 e. The van der Waals surface area contributed by atoms with E-state index in [0.29, 0.717) is 22.7 Å². The fourth-order valence-electron chi connectivity index (χ4n) is 3.58. The van der Waals surface area contributed by atoms with E-state index < -0.39 is 22.1 Å². The molecule has 0 saturated heterocycles. The molecule has 1 aromatic heterocycles. The Morgan fingerprint density at radius 1 is 1.21 bits per heavy atom. The molecule has 1 atom stereocenters. The number of carbonyl (C=O) groups is 1. The predicted octanol–water partition coefficient (Wildman–Crippen LogP) is 4.18. The Morgan fingerprint density at radius 3 is 2.53 bits per heavy atom. The van der Waals surface area contributed by atoms with Crippen LogP contribution >= 0.6 is 22.9 Å². The van der Waals surface area contributed by atoms with Crippen LogP contribution in [0.2, 0.25) is 4.34 Å². The van der Waals surface area contributed by atoms with Crippen LogP contribution in [0.5, 0.6) is 0 Å². The summed E-state index contributed by atoms with van der Waals surface area (Å²) in [6.45, 7) is 4.36. The summed E-state index contributed by atoms with van der Waals surface area (Å²) in [7, 11) is -2.38. The van der Waals surface area contributed by atoms with Crippen molar-refractivity contribution < 1.29 is 23.4 Å². The van der Waals surface area contributed by atoms with Crippen molar-refractivity contribution in [3.8, 4) is 0 Å². The number of carboxylic acid groups (broad SMARTS) is 1. The normalized spacial score (nSPS) is 13.4. The third-order valence-electron chi connectivity index (χ3n) is 5.63. The molecule has 0 fully saturated rings. The minimum absolute atomic E-state index is 0.00401. The van der Waals surface area contributed by atoms with E-state index in [1.165, 1.54) is 18.7 Å². The number of nitrogens with one attached hydrogen (secondary N) is 1. The highest BCUT2D eigenvalue weighted by Gasteiger charge is 2.27. The number of aliphatic hydroxyl groups excluding tert-OH is 1.